The Labute approximate surface area is 184 Å². The van der Waals surface area contributed by atoms with Gasteiger partial charge in [-0.25, -0.2) is 14.4 Å². The van der Waals surface area contributed by atoms with Crippen LogP contribution in [0.4, 0.5) is 4.39 Å². The van der Waals surface area contributed by atoms with E-state index in [9.17, 15) is 4.39 Å². The molecule has 0 radical (unpaired) electrons. The van der Waals surface area contributed by atoms with Gasteiger partial charge in [-0.15, -0.1) is 0 Å². The van der Waals surface area contributed by atoms with E-state index >= 15 is 0 Å². The van der Waals surface area contributed by atoms with Crippen molar-refractivity contribution in [2.75, 3.05) is 19.6 Å². The van der Waals surface area contributed by atoms with Crippen LogP contribution < -0.4 is 5.32 Å². The van der Waals surface area contributed by atoms with Crippen LogP contribution in [0.5, 0.6) is 0 Å². The molecule has 1 unspecified atom stereocenters. The predicted molar refractivity (Wildman–Crippen MR) is 123 cm³/mol. The summed E-state index contributed by atoms with van der Waals surface area (Å²) in [5.41, 5.74) is 4.43. The van der Waals surface area contributed by atoms with E-state index in [-0.39, 0.29) is 5.82 Å². The zero-order valence-corrected chi connectivity index (χ0v) is 18.2. The highest BCUT2D eigenvalue weighted by molar-refractivity contribution is 5.59. The predicted octanol–water partition coefficient (Wildman–Crippen LogP) is 4.64. The molecule has 1 fully saturated rings. The molecule has 3 aromatic rings. The van der Waals surface area contributed by atoms with Crippen molar-refractivity contribution in [3.63, 3.8) is 0 Å². The maximum Gasteiger partial charge on any atom is 0.128 e. The first kappa shape index (κ1) is 21.6. The fourth-order valence-electron chi connectivity index (χ4n) is 4.34. The Kier molecular flexibility index (Phi) is 7.39. The van der Waals surface area contributed by atoms with Crippen molar-refractivity contribution in [2.45, 2.75) is 45.2 Å². The van der Waals surface area contributed by atoms with Crippen LogP contribution in [0.15, 0.2) is 60.8 Å². The number of halogens is 1. The standard InChI is InChI=1S/C26H31FN4/c1-2-31(24-12-14-28-18-24)19-21-8-3-9-22(16-21)25-13-15-29-26(30-25)11-5-7-20-6-4-10-23(27)17-20/h3-4,6,8-10,13,15-17,24,28H,2,5,7,11-12,14,18-19H2,1H3. The van der Waals surface area contributed by atoms with Crippen LogP contribution in [0.1, 0.15) is 36.7 Å². The molecule has 1 N–H and O–H groups in total. The van der Waals surface area contributed by atoms with Gasteiger partial charge in [-0.2, -0.15) is 0 Å². The minimum Gasteiger partial charge on any atom is -0.315 e. The first-order chi connectivity index (χ1) is 15.2. The lowest BCUT2D eigenvalue weighted by atomic mass is 10.1. The van der Waals surface area contributed by atoms with Gasteiger partial charge in [-0.05, 0) is 67.7 Å². The van der Waals surface area contributed by atoms with E-state index in [1.54, 1.807) is 12.1 Å². The third-order valence-corrected chi connectivity index (χ3v) is 6.03. The fraction of sp³-hybridized carbons (Fsp3) is 0.385. The molecule has 2 aromatic carbocycles. The summed E-state index contributed by atoms with van der Waals surface area (Å²) in [7, 11) is 0. The van der Waals surface area contributed by atoms with Crippen LogP contribution in [-0.2, 0) is 19.4 Å². The molecule has 31 heavy (non-hydrogen) atoms. The monoisotopic (exact) mass is 418 g/mol. The molecule has 0 bridgehead atoms. The number of hydrogen-bond acceptors (Lipinski definition) is 4. The van der Waals surface area contributed by atoms with Crippen molar-refractivity contribution in [1.82, 2.24) is 20.2 Å². The molecule has 0 amide bonds. The molecule has 1 saturated heterocycles. The SMILES string of the molecule is CCN(Cc1cccc(-c2ccnc(CCCc3cccc(F)c3)n2)c1)C1CCNC1. The maximum absolute atomic E-state index is 13.3. The molecule has 0 saturated carbocycles. The molecule has 0 aliphatic carbocycles. The van der Waals surface area contributed by atoms with Gasteiger partial charge in [-0.1, -0.05) is 37.3 Å². The molecule has 5 heteroatoms. The lowest BCUT2D eigenvalue weighted by molar-refractivity contribution is 0.210. The summed E-state index contributed by atoms with van der Waals surface area (Å²) in [5.74, 6) is 0.660. The number of hydrogen-bond donors (Lipinski definition) is 1. The van der Waals surface area contributed by atoms with Gasteiger partial charge in [0.1, 0.15) is 11.6 Å². The summed E-state index contributed by atoms with van der Waals surface area (Å²) in [6.07, 6.45) is 5.56. The maximum atomic E-state index is 13.3. The number of aromatic nitrogens is 2. The normalized spacial score (nSPS) is 16.2. The average molecular weight is 419 g/mol. The second-order valence-corrected chi connectivity index (χ2v) is 8.25. The third kappa shape index (κ3) is 5.96. The molecule has 1 atom stereocenters. The van der Waals surface area contributed by atoms with Crippen molar-refractivity contribution in [1.29, 1.82) is 0 Å². The van der Waals surface area contributed by atoms with E-state index in [4.69, 9.17) is 4.98 Å². The molecular formula is C26H31FN4. The first-order valence-corrected chi connectivity index (χ1v) is 11.3. The molecule has 4 rings (SSSR count). The highest BCUT2D eigenvalue weighted by Gasteiger charge is 2.21. The zero-order chi connectivity index (χ0) is 21.5. The lowest BCUT2D eigenvalue weighted by Crippen LogP contribution is -2.36. The van der Waals surface area contributed by atoms with E-state index in [0.717, 1.165) is 68.1 Å². The van der Waals surface area contributed by atoms with Gasteiger partial charge in [0.05, 0.1) is 5.69 Å². The fourth-order valence-corrected chi connectivity index (χ4v) is 4.34. The summed E-state index contributed by atoms with van der Waals surface area (Å²) < 4.78 is 13.3. The molecular weight excluding hydrogens is 387 g/mol. The highest BCUT2D eigenvalue weighted by Crippen LogP contribution is 2.21. The Morgan fingerprint density at radius 3 is 2.74 bits per heavy atom. The van der Waals surface area contributed by atoms with Gasteiger partial charge in [0.25, 0.3) is 0 Å². The summed E-state index contributed by atoms with van der Waals surface area (Å²) in [5, 5.41) is 3.47. The van der Waals surface area contributed by atoms with Gasteiger partial charge >= 0.3 is 0 Å². The van der Waals surface area contributed by atoms with Gasteiger partial charge < -0.3 is 5.32 Å². The van der Waals surface area contributed by atoms with E-state index in [1.165, 1.54) is 18.1 Å². The van der Waals surface area contributed by atoms with Crippen molar-refractivity contribution in [2.24, 2.45) is 0 Å². The quantitative estimate of drug-likeness (QED) is 0.550. The van der Waals surface area contributed by atoms with Crippen LogP contribution >= 0.6 is 0 Å². The summed E-state index contributed by atoms with van der Waals surface area (Å²) in [6, 6.07) is 18.1. The van der Waals surface area contributed by atoms with Crippen LogP contribution in [0, 0.1) is 5.82 Å². The molecule has 1 aliphatic heterocycles. The van der Waals surface area contributed by atoms with Crippen molar-refractivity contribution < 1.29 is 4.39 Å². The Balaban J connectivity index is 1.40. The zero-order valence-electron chi connectivity index (χ0n) is 18.2. The van der Waals surface area contributed by atoms with Crippen LogP contribution in [0.3, 0.4) is 0 Å². The second-order valence-electron chi connectivity index (χ2n) is 8.25. The molecule has 4 nitrogen and oxygen atoms in total. The van der Waals surface area contributed by atoms with Gasteiger partial charge in [-0.3, -0.25) is 4.90 Å². The number of aryl methyl sites for hydroxylation is 2. The molecule has 2 heterocycles. The molecule has 0 spiro atoms. The van der Waals surface area contributed by atoms with Gasteiger partial charge in [0.2, 0.25) is 0 Å². The summed E-state index contributed by atoms with van der Waals surface area (Å²) in [4.78, 5) is 11.8. The topological polar surface area (TPSA) is 41.1 Å². The number of nitrogens with one attached hydrogen (secondary N) is 1. The van der Waals surface area contributed by atoms with Gasteiger partial charge in [0, 0.05) is 37.3 Å². The second kappa shape index (κ2) is 10.6. The number of likely N-dealkylation sites (N-methyl/N-ethyl adjacent to an activating group) is 1. The van der Waals surface area contributed by atoms with Crippen molar-refractivity contribution in [3.05, 3.63) is 83.6 Å². The van der Waals surface area contributed by atoms with Crippen LogP contribution in [0.2, 0.25) is 0 Å². The highest BCUT2D eigenvalue weighted by atomic mass is 19.1. The van der Waals surface area contributed by atoms with Gasteiger partial charge in [0.15, 0.2) is 0 Å². The largest absolute Gasteiger partial charge is 0.315 e. The molecule has 1 aromatic heterocycles. The minimum absolute atomic E-state index is 0.179. The number of rotatable bonds is 9. The molecule has 162 valence electrons. The Morgan fingerprint density at radius 2 is 1.94 bits per heavy atom. The van der Waals surface area contributed by atoms with E-state index in [0.29, 0.717) is 6.04 Å². The first-order valence-electron chi connectivity index (χ1n) is 11.3. The molecule has 1 aliphatic rings. The summed E-state index contributed by atoms with van der Waals surface area (Å²) in [6.45, 7) is 6.45. The third-order valence-electron chi connectivity index (χ3n) is 6.03. The van der Waals surface area contributed by atoms with Crippen LogP contribution in [0.25, 0.3) is 11.3 Å². The van der Waals surface area contributed by atoms with E-state index < -0.39 is 0 Å². The van der Waals surface area contributed by atoms with E-state index in [1.807, 2.05) is 18.3 Å². The summed E-state index contributed by atoms with van der Waals surface area (Å²) >= 11 is 0. The van der Waals surface area contributed by atoms with Crippen molar-refractivity contribution in [3.8, 4) is 11.3 Å². The Morgan fingerprint density at radius 1 is 1.06 bits per heavy atom. The smallest absolute Gasteiger partial charge is 0.128 e. The van der Waals surface area contributed by atoms with E-state index in [2.05, 4.69) is 46.4 Å². The number of benzene rings is 2. The lowest BCUT2D eigenvalue weighted by Gasteiger charge is -2.27. The van der Waals surface area contributed by atoms with Crippen molar-refractivity contribution >= 4 is 0 Å². The Hall–Kier alpha value is -2.63. The Bertz CT molecular complexity index is 984. The van der Waals surface area contributed by atoms with Crippen LogP contribution in [-0.4, -0.2) is 40.5 Å². The average Bonchev–Trinajstić information content (AvgIpc) is 3.33. The number of nitrogens with zero attached hydrogens (tertiary/aromatic N) is 3. The minimum atomic E-state index is -0.179.